The molecular weight excluding hydrogens is 318 g/mol. The van der Waals surface area contributed by atoms with E-state index in [2.05, 4.69) is 17.1 Å². The van der Waals surface area contributed by atoms with E-state index in [1.165, 1.54) is 0 Å². The van der Waals surface area contributed by atoms with Crippen molar-refractivity contribution in [2.45, 2.75) is 25.8 Å². The van der Waals surface area contributed by atoms with Crippen LogP contribution in [-0.2, 0) is 4.79 Å². The topological polar surface area (TPSA) is 54.0 Å². The van der Waals surface area contributed by atoms with Gasteiger partial charge in [-0.3, -0.25) is 9.69 Å². The third-order valence-corrected chi connectivity index (χ3v) is 4.45. The van der Waals surface area contributed by atoms with Crippen molar-refractivity contribution in [3.63, 3.8) is 0 Å². The molecule has 1 aliphatic heterocycles. The normalized spacial score (nSPS) is 16.3. The fourth-order valence-electron chi connectivity index (χ4n) is 3.00. The smallest absolute Gasteiger partial charge is 0.244 e. The zero-order valence-corrected chi connectivity index (χ0v) is 15.9. The predicted molar refractivity (Wildman–Crippen MR) is 99.3 cm³/mol. The van der Waals surface area contributed by atoms with Crippen molar-refractivity contribution in [3.05, 3.63) is 23.8 Å². The number of unbranched alkanes of at least 4 members (excludes halogenated alkanes) is 1. The van der Waals surface area contributed by atoms with Crippen LogP contribution in [0.4, 0.5) is 0 Å². The minimum Gasteiger partial charge on any atom is -0.493 e. The van der Waals surface area contributed by atoms with E-state index in [0.29, 0.717) is 18.1 Å². The summed E-state index contributed by atoms with van der Waals surface area (Å²) < 4.78 is 11.3. The van der Waals surface area contributed by atoms with Gasteiger partial charge in [-0.15, -0.1) is 0 Å². The molecule has 1 unspecified atom stereocenters. The number of piperazine rings is 1. The van der Waals surface area contributed by atoms with E-state index >= 15 is 0 Å². The lowest BCUT2D eigenvalue weighted by molar-refractivity contribution is -0.135. The third-order valence-electron chi connectivity index (χ3n) is 4.45. The van der Waals surface area contributed by atoms with Crippen molar-refractivity contribution < 1.29 is 14.3 Å². The Balaban J connectivity index is 2.31. The van der Waals surface area contributed by atoms with Crippen LogP contribution in [0.5, 0.6) is 11.5 Å². The molecule has 6 heteroatoms. The van der Waals surface area contributed by atoms with Gasteiger partial charge in [0, 0.05) is 40.3 Å². The Hall–Kier alpha value is -1.79. The van der Waals surface area contributed by atoms with Gasteiger partial charge >= 0.3 is 0 Å². The first kappa shape index (κ1) is 19.5. The number of hydrogen-bond donors (Lipinski definition) is 1. The summed E-state index contributed by atoms with van der Waals surface area (Å²) in [5.41, 5.74) is 0.952. The van der Waals surface area contributed by atoms with E-state index in [0.717, 1.165) is 44.6 Å². The van der Waals surface area contributed by atoms with Crippen LogP contribution < -0.4 is 14.8 Å². The SMILES string of the molecule is CCCCOc1cc(C(C(=O)N(C)C)N2CCNCC2)ccc1OC. The summed E-state index contributed by atoms with van der Waals surface area (Å²) in [6.07, 6.45) is 2.07. The van der Waals surface area contributed by atoms with Crippen molar-refractivity contribution in [1.29, 1.82) is 0 Å². The summed E-state index contributed by atoms with van der Waals surface area (Å²) >= 11 is 0. The second kappa shape index (κ2) is 9.63. The van der Waals surface area contributed by atoms with Gasteiger partial charge in [0.15, 0.2) is 11.5 Å². The molecule has 1 aromatic rings. The molecule has 25 heavy (non-hydrogen) atoms. The molecule has 1 N–H and O–H groups in total. The molecule has 0 aliphatic carbocycles. The van der Waals surface area contributed by atoms with E-state index in [1.54, 1.807) is 26.1 Å². The van der Waals surface area contributed by atoms with Gasteiger partial charge in [-0.05, 0) is 24.1 Å². The molecular formula is C19H31N3O3. The van der Waals surface area contributed by atoms with Gasteiger partial charge < -0.3 is 19.7 Å². The average molecular weight is 349 g/mol. The lowest BCUT2D eigenvalue weighted by Crippen LogP contribution is -2.49. The zero-order valence-electron chi connectivity index (χ0n) is 15.9. The first-order valence-corrected chi connectivity index (χ1v) is 9.05. The highest BCUT2D eigenvalue weighted by Gasteiger charge is 2.30. The summed E-state index contributed by atoms with van der Waals surface area (Å²) in [6, 6.07) is 5.54. The highest BCUT2D eigenvalue weighted by molar-refractivity contribution is 5.83. The lowest BCUT2D eigenvalue weighted by Gasteiger charge is -2.35. The van der Waals surface area contributed by atoms with Gasteiger partial charge in [-0.25, -0.2) is 0 Å². The van der Waals surface area contributed by atoms with Crippen LogP contribution in [0.15, 0.2) is 18.2 Å². The van der Waals surface area contributed by atoms with Crippen LogP contribution >= 0.6 is 0 Å². The Bertz CT molecular complexity index is 557. The maximum absolute atomic E-state index is 12.9. The second-order valence-electron chi connectivity index (χ2n) is 6.53. The maximum atomic E-state index is 12.9. The number of carbonyl (C=O) groups excluding carboxylic acids is 1. The number of amides is 1. The number of ether oxygens (including phenoxy) is 2. The van der Waals surface area contributed by atoms with Crippen LogP contribution in [0.2, 0.25) is 0 Å². The van der Waals surface area contributed by atoms with Gasteiger partial charge in [-0.1, -0.05) is 19.4 Å². The number of nitrogens with one attached hydrogen (secondary N) is 1. The quantitative estimate of drug-likeness (QED) is 0.727. The van der Waals surface area contributed by atoms with E-state index in [-0.39, 0.29) is 11.9 Å². The fraction of sp³-hybridized carbons (Fsp3) is 0.632. The number of methoxy groups -OCH3 is 1. The average Bonchev–Trinajstić information content (AvgIpc) is 2.63. The van der Waals surface area contributed by atoms with E-state index in [9.17, 15) is 4.79 Å². The van der Waals surface area contributed by atoms with Crippen LogP contribution in [-0.4, -0.2) is 69.7 Å². The second-order valence-corrected chi connectivity index (χ2v) is 6.53. The molecule has 2 rings (SSSR count). The predicted octanol–water partition coefficient (Wildman–Crippen LogP) is 1.91. The van der Waals surface area contributed by atoms with Crippen molar-refractivity contribution in [2.75, 3.05) is 54.0 Å². The number of nitrogens with zero attached hydrogens (tertiary/aromatic N) is 2. The van der Waals surface area contributed by atoms with Gasteiger partial charge in [0.05, 0.1) is 13.7 Å². The Morgan fingerprint density at radius 2 is 2.00 bits per heavy atom. The first-order valence-electron chi connectivity index (χ1n) is 9.05. The number of benzene rings is 1. The summed E-state index contributed by atoms with van der Waals surface area (Å²) in [7, 11) is 5.25. The highest BCUT2D eigenvalue weighted by atomic mass is 16.5. The third kappa shape index (κ3) is 5.09. The summed E-state index contributed by atoms with van der Waals surface area (Å²) in [4.78, 5) is 16.8. The van der Waals surface area contributed by atoms with E-state index in [4.69, 9.17) is 9.47 Å². The minimum absolute atomic E-state index is 0.0894. The van der Waals surface area contributed by atoms with Crippen LogP contribution in [0.1, 0.15) is 31.4 Å². The van der Waals surface area contributed by atoms with Crippen LogP contribution in [0.3, 0.4) is 0 Å². The van der Waals surface area contributed by atoms with Gasteiger partial charge in [-0.2, -0.15) is 0 Å². The monoisotopic (exact) mass is 349 g/mol. The summed E-state index contributed by atoms with van der Waals surface area (Å²) in [5, 5.41) is 3.34. The molecule has 0 saturated carbocycles. The molecule has 1 fully saturated rings. The van der Waals surface area contributed by atoms with Crippen molar-refractivity contribution in [3.8, 4) is 11.5 Å². The van der Waals surface area contributed by atoms with Crippen molar-refractivity contribution in [2.24, 2.45) is 0 Å². The largest absolute Gasteiger partial charge is 0.493 e. The van der Waals surface area contributed by atoms with Gasteiger partial charge in [0.1, 0.15) is 6.04 Å². The zero-order chi connectivity index (χ0) is 18.2. The number of carbonyl (C=O) groups is 1. The van der Waals surface area contributed by atoms with Gasteiger partial charge in [0.25, 0.3) is 0 Å². The summed E-state index contributed by atoms with van der Waals surface area (Å²) in [6.45, 7) is 6.27. The maximum Gasteiger partial charge on any atom is 0.244 e. The molecule has 1 atom stereocenters. The lowest BCUT2D eigenvalue weighted by atomic mass is 10.0. The molecule has 0 aromatic heterocycles. The van der Waals surface area contributed by atoms with Crippen LogP contribution in [0, 0.1) is 0 Å². The number of rotatable bonds is 8. The van der Waals surface area contributed by atoms with Crippen LogP contribution in [0.25, 0.3) is 0 Å². The van der Waals surface area contributed by atoms with Gasteiger partial charge in [0.2, 0.25) is 5.91 Å². The Morgan fingerprint density at radius 3 is 2.60 bits per heavy atom. The molecule has 1 aromatic carbocycles. The highest BCUT2D eigenvalue weighted by Crippen LogP contribution is 2.33. The fourth-order valence-corrected chi connectivity index (χ4v) is 3.00. The number of hydrogen-bond acceptors (Lipinski definition) is 5. The Kier molecular flexibility index (Phi) is 7.52. The number of likely N-dealkylation sites (N-methyl/N-ethyl adjacent to an activating group) is 1. The first-order chi connectivity index (χ1) is 12.1. The minimum atomic E-state index is -0.295. The van der Waals surface area contributed by atoms with Crippen molar-refractivity contribution >= 4 is 5.91 Å². The molecule has 1 amide bonds. The molecule has 0 bridgehead atoms. The molecule has 1 saturated heterocycles. The molecule has 140 valence electrons. The molecule has 1 heterocycles. The Morgan fingerprint density at radius 1 is 1.28 bits per heavy atom. The van der Waals surface area contributed by atoms with E-state index < -0.39 is 0 Å². The Labute approximate surface area is 151 Å². The standard InChI is InChI=1S/C19H31N3O3/c1-5-6-13-25-17-14-15(7-8-16(17)24-4)18(19(23)21(2)3)22-11-9-20-10-12-22/h7-8,14,18,20H,5-6,9-13H2,1-4H3. The van der Waals surface area contributed by atoms with Crippen molar-refractivity contribution in [1.82, 2.24) is 15.1 Å². The molecule has 1 aliphatic rings. The summed E-state index contributed by atoms with van der Waals surface area (Å²) in [5.74, 6) is 1.50. The molecule has 0 spiro atoms. The molecule has 6 nitrogen and oxygen atoms in total. The molecule has 0 radical (unpaired) electrons. The van der Waals surface area contributed by atoms with E-state index in [1.807, 2.05) is 18.2 Å².